The zero-order chi connectivity index (χ0) is 14.9. The Bertz CT molecular complexity index is 495. The van der Waals surface area contributed by atoms with Crippen molar-refractivity contribution in [3.8, 4) is 5.88 Å². The number of methoxy groups -OCH3 is 1. The lowest BCUT2D eigenvalue weighted by Crippen LogP contribution is -2.67. The molecule has 1 spiro atoms. The van der Waals surface area contributed by atoms with Crippen molar-refractivity contribution < 1.29 is 4.74 Å². The van der Waals surface area contributed by atoms with Crippen molar-refractivity contribution in [3.05, 3.63) is 23.9 Å². The van der Waals surface area contributed by atoms with Crippen molar-refractivity contribution in [1.82, 2.24) is 15.2 Å². The molecule has 0 bridgehead atoms. The van der Waals surface area contributed by atoms with Crippen LogP contribution in [0, 0.1) is 0 Å². The lowest BCUT2D eigenvalue weighted by molar-refractivity contribution is 0.0112. The lowest BCUT2D eigenvalue weighted by Gasteiger charge is -2.51. The number of hydrogen-bond donors (Lipinski definition) is 1. The third-order valence-corrected chi connectivity index (χ3v) is 5.03. The molecule has 1 saturated carbocycles. The maximum Gasteiger partial charge on any atom is 0.213 e. The van der Waals surface area contributed by atoms with Crippen LogP contribution < -0.4 is 10.1 Å². The molecule has 1 saturated heterocycles. The van der Waals surface area contributed by atoms with Crippen molar-refractivity contribution in [1.29, 1.82) is 0 Å². The van der Waals surface area contributed by atoms with Crippen LogP contribution in [0.3, 0.4) is 0 Å². The summed E-state index contributed by atoms with van der Waals surface area (Å²) in [6.07, 6.45) is 5.31. The normalized spacial score (nSPS) is 24.3. The highest BCUT2D eigenvalue weighted by molar-refractivity contribution is 5.17. The fraction of sp³-hybridized carbons (Fsp3) is 0.706. The largest absolute Gasteiger partial charge is 0.481 e. The Balaban J connectivity index is 1.81. The van der Waals surface area contributed by atoms with E-state index in [1.807, 2.05) is 12.1 Å². The van der Waals surface area contributed by atoms with E-state index in [1.54, 1.807) is 7.11 Å². The van der Waals surface area contributed by atoms with Gasteiger partial charge in [-0.25, -0.2) is 4.98 Å². The van der Waals surface area contributed by atoms with E-state index in [1.165, 1.54) is 25.7 Å². The first-order chi connectivity index (χ1) is 10.0. The Labute approximate surface area is 127 Å². The molecule has 4 heteroatoms. The van der Waals surface area contributed by atoms with Crippen molar-refractivity contribution in [3.63, 3.8) is 0 Å². The second-order valence-corrected chi connectivity index (χ2v) is 7.20. The lowest BCUT2D eigenvalue weighted by atomic mass is 9.87. The number of pyridine rings is 1. The SMILES string of the molecule is COc1cccc(CN2CC(C)(C)NCC23CCCC3)n1. The molecule has 1 aromatic heterocycles. The van der Waals surface area contributed by atoms with Crippen molar-refractivity contribution in [2.24, 2.45) is 0 Å². The maximum atomic E-state index is 5.26. The van der Waals surface area contributed by atoms with Crippen LogP contribution in [0.4, 0.5) is 0 Å². The van der Waals surface area contributed by atoms with Crippen molar-refractivity contribution in [2.45, 2.75) is 57.2 Å². The van der Waals surface area contributed by atoms with E-state index >= 15 is 0 Å². The summed E-state index contributed by atoms with van der Waals surface area (Å²) >= 11 is 0. The predicted octanol–water partition coefficient (Wildman–Crippen LogP) is 2.59. The van der Waals surface area contributed by atoms with Gasteiger partial charge in [-0.15, -0.1) is 0 Å². The number of ether oxygens (including phenoxy) is 1. The molecule has 2 heterocycles. The van der Waals surface area contributed by atoms with Crippen LogP contribution in [0.15, 0.2) is 18.2 Å². The highest BCUT2D eigenvalue weighted by Crippen LogP contribution is 2.39. The van der Waals surface area contributed by atoms with Crippen molar-refractivity contribution >= 4 is 0 Å². The quantitative estimate of drug-likeness (QED) is 0.928. The molecule has 0 radical (unpaired) electrons. The Kier molecular flexibility index (Phi) is 3.93. The Hall–Kier alpha value is -1.13. The van der Waals surface area contributed by atoms with Gasteiger partial charge in [0.25, 0.3) is 0 Å². The summed E-state index contributed by atoms with van der Waals surface area (Å²) < 4.78 is 5.26. The summed E-state index contributed by atoms with van der Waals surface area (Å²) in [6, 6.07) is 6.06. The van der Waals surface area contributed by atoms with Gasteiger partial charge in [0.2, 0.25) is 5.88 Å². The molecule has 1 aliphatic carbocycles. The van der Waals surface area contributed by atoms with Crippen LogP contribution in [0.5, 0.6) is 5.88 Å². The van der Waals surface area contributed by atoms with Crippen LogP contribution in [0.25, 0.3) is 0 Å². The molecule has 1 aromatic rings. The second kappa shape index (κ2) is 5.58. The highest BCUT2D eigenvalue weighted by Gasteiger charge is 2.45. The van der Waals surface area contributed by atoms with Crippen LogP contribution in [0.2, 0.25) is 0 Å². The predicted molar refractivity (Wildman–Crippen MR) is 84.5 cm³/mol. The smallest absolute Gasteiger partial charge is 0.213 e. The first kappa shape index (κ1) is 14.8. The fourth-order valence-corrected chi connectivity index (χ4v) is 3.82. The molecule has 0 aromatic carbocycles. The Morgan fingerprint density at radius 2 is 2.05 bits per heavy atom. The number of aromatic nitrogens is 1. The molecule has 3 rings (SSSR count). The molecule has 0 unspecified atom stereocenters. The topological polar surface area (TPSA) is 37.4 Å². The summed E-state index contributed by atoms with van der Waals surface area (Å²) in [5.41, 5.74) is 1.62. The first-order valence-electron chi connectivity index (χ1n) is 8.03. The van der Waals surface area contributed by atoms with E-state index in [9.17, 15) is 0 Å². The third kappa shape index (κ3) is 3.06. The second-order valence-electron chi connectivity index (χ2n) is 7.20. The maximum absolute atomic E-state index is 5.26. The summed E-state index contributed by atoms with van der Waals surface area (Å²) in [5.74, 6) is 0.711. The van der Waals surface area contributed by atoms with Gasteiger partial charge in [-0.2, -0.15) is 0 Å². The highest BCUT2D eigenvalue weighted by atomic mass is 16.5. The minimum atomic E-state index is 0.173. The van der Waals surface area contributed by atoms with Crippen molar-refractivity contribution in [2.75, 3.05) is 20.2 Å². The summed E-state index contributed by atoms with van der Waals surface area (Å²) in [5, 5.41) is 3.74. The van der Waals surface area contributed by atoms with E-state index in [0.29, 0.717) is 11.4 Å². The van der Waals surface area contributed by atoms with Gasteiger partial charge in [0.1, 0.15) is 0 Å². The molecule has 0 atom stereocenters. The van der Waals surface area contributed by atoms with Gasteiger partial charge in [0, 0.05) is 36.8 Å². The average Bonchev–Trinajstić information content (AvgIpc) is 2.93. The summed E-state index contributed by atoms with van der Waals surface area (Å²) in [6.45, 7) is 7.68. The summed E-state index contributed by atoms with van der Waals surface area (Å²) in [7, 11) is 1.68. The van der Waals surface area contributed by atoms with E-state index in [4.69, 9.17) is 4.74 Å². The van der Waals surface area contributed by atoms with Crippen LogP contribution in [-0.4, -0.2) is 41.2 Å². The summed E-state index contributed by atoms with van der Waals surface area (Å²) in [4.78, 5) is 7.27. The van der Waals surface area contributed by atoms with Crippen LogP contribution in [0.1, 0.15) is 45.2 Å². The van der Waals surface area contributed by atoms with E-state index in [0.717, 1.165) is 25.3 Å². The molecule has 4 nitrogen and oxygen atoms in total. The molecule has 2 fully saturated rings. The third-order valence-electron chi connectivity index (χ3n) is 5.03. The fourth-order valence-electron chi connectivity index (χ4n) is 3.82. The molecular formula is C17H27N3O. The molecule has 0 amide bonds. The van der Waals surface area contributed by atoms with E-state index < -0.39 is 0 Å². The first-order valence-corrected chi connectivity index (χ1v) is 8.03. The molecule has 1 aliphatic heterocycles. The number of nitrogens with zero attached hydrogens (tertiary/aromatic N) is 2. The Morgan fingerprint density at radius 3 is 2.76 bits per heavy atom. The van der Waals surface area contributed by atoms with Gasteiger partial charge in [0.15, 0.2) is 0 Å². The molecule has 2 aliphatic rings. The molecule has 116 valence electrons. The molecular weight excluding hydrogens is 262 g/mol. The van der Waals surface area contributed by atoms with Gasteiger partial charge in [-0.3, -0.25) is 4.90 Å². The van der Waals surface area contributed by atoms with Gasteiger partial charge >= 0.3 is 0 Å². The number of rotatable bonds is 3. The monoisotopic (exact) mass is 289 g/mol. The van der Waals surface area contributed by atoms with E-state index in [2.05, 4.69) is 35.1 Å². The van der Waals surface area contributed by atoms with Gasteiger partial charge in [-0.1, -0.05) is 18.9 Å². The van der Waals surface area contributed by atoms with Gasteiger partial charge in [-0.05, 0) is 32.8 Å². The minimum absolute atomic E-state index is 0.173. The Morgan fingerprint density at radius 1 is 1.29 bits per heavy atom. The number of hydrogen-bond acceptors (Lipinski definition) is 4. The zero-order valence-electron chi connectivity index (χ0n) is 13.5. The van der Waals surface area contributed by atoms with Gasteiger partial charge in [0.05, 0.1) is 12.8 Å². The zero-order valence-corrected chi connectivity index (χ0v) is 13.5. The average molecular weight is 289 g/mol. The van der Waals surface area contributed by atoms with Crippen LogP contribution in [-0.2, 0) is 6.54 Å². The number of nitrogens with one attached hydrogen (secondary N) is 1. The molecule has 1 N–H and O–H groups in total. The minimum Gasteiger partial charge on any atom is -0.481 e. The standard InChI is InChI=1S/C17H27N3O/c1-16(2)13-20(17(12-18-16)9-4-5-10-17)11-14-7-6-8-15(19-14)21-3/h6-8,18H,4-5,9-13H2,1-3H3. The number of piperazine rings is 1. The van der Waals surface area contributed by atoms with Gasteiger partial charge < -0.3 is 10.1 Å². The van der Waals surface area contributed by atoms with Crippen LogP contribution >= 0.6 is 0 Å². The molecule has 21 heavy (non-hydrogen) atoms. The van der Waals surface area contributed by atoms with E-state index in [-0.39, 0.29) is 5.54 Å².